The van der Waals surface area contributed by atoms with Crippen LogP contribution in [0.25, 0.3) is 0 Å². The van der Waals surface area contributed by atoms with Crippen LogP contribution in [0, 0.1) is 6.92 Å². The van der Waals surface area contributed by atoms with Crippen molar-refractivity contribution in [2.45, 2.75) is 19.3 Å². The lowest BCUT2D eigenvalue weighted by atomic mass is 10.1. The van der Waals surface area contributed by atoms with Gasteiger partial charge in [0, 0.05) is 31.9 Å². The van der Waals surface area contributed by atoms with E-state index in [1.165, 1.54) is 23.3 Å². The van der Waals surface area contributed by atoms with Gasteiger partial charge >= 0.3 is 6.61 Å². The molecule has 0 N–H and O–H groups in total. The second-order valence-electron chi connectivity index (χ2n) is 7.03. The molecule has 5 nitrogen and oxygen atoms in total. The standard InChI is InChI=1S/C22H24F2N2O3S/c1-16-5-4-6-17(13-16)14-30-15-20(27)25-9-11-26(12-10-25)21(28)18-7-2-3-8-19(18)29-22(23)24/h2-8,13,22H,9-12,14-15H2,1H3. The van der Waals surface area contributed by atoms with Gasteiger partial charge in [0.05, 0.1) is 11.3 Å². The first-order valence-electron chi connectivity index (χ1n) is 9.68. The van der Waals surface area contributed by atoms with Crippen LogP contribution >= 0.6 is 11.8 Å². The van der Waals surface area contributed by atoms with E-state index in [1.54, 1.807) is 33.7 Å². The lowest BCUT2D eigenvalue weighted by Crippen LogP contribution is -2.51. The Morgan fingerprint density at radius 2 is 1.73 bits per heavy atom. The second kappa shape index (κ2) is 10.4. The van der Waals surface area contributed by atoms with E-state index in [4.69, 9.17) is 0 Å². The SMILES string of the molecule is Cc1cccc(CSCC(=O)N2CCN(C(=O)c3ccccc3OC(F)F)CC2)c1. The minimum absolute atomic E-state index is 0.0428. The van der Waals surface area contributed by atoms with E-state index >= 15 is 0 Å². The Balaban J connectivity index is 1.48. The minimum atomic E-state index is -2.99. The first-order valence-corrected chi connectivity index (χ1v) is 10.8. The van der Waals surface area contributed by atoms with Crippen molar-refractivity contribution in [1.29, 1.82) is 0 Å². The molecule has 0 unspecified atom stereocenters. The largest absolute Gasteiger partial charge is 0.434 e. The fraction of sp³-hybridized carbons (Fsp3) is 0.364. The molecule has 0 atom stereocenters. The van der Waals surface area contributed by atoms with Crippen molar-refractivity contribution < 1.29 is 23.1 Å². The fourth-order valence-corrected chi connectivity index (χ4v) is 4.20. The monoisotopic (exact) mass is 434 g/mol. The van der Waals surface area contributed by atoms with Gasteiger partial charge in [0.15, 0.2) is 0 Å². The lowest BCUT2D eigenvalue weighted by molar-refractivity contribution is -0.129. The third-order valence-electron chi connectivity index (χ3n) is 4.83. The van der Waals surface area contributed by atoms with Gasteiger partial charge in [0.2, 0.25) is 5.91 Å². The van der Waals surface area contributed by atoms with E-state index in [0.29, 0.717) is 31.9 Å². The summed E-state index contributed by atoms with van der Waals surface area (Å²) in [5.74, 6) is 0.691. The highest BCUT2D eigenvalue weighted by molar-refractivity contribution is 7.99. The van der Waals surface area contributed by atoms with Crippen molar-refractivity contribution in [3.05, 3.63) is 65.2 Å². The number of carbonyl (C=O) groups excluding carboxylic acids is 2. The van der Waals surface area contributed by atoms with Crippen molar-refractivity contribution in [2.24, 2.45) is 0 Å². The Labute approximate surface area is 179 Å². The number of para-hydroxylation sites is 1. The summed E-state index contributed by atoms with van der Waals surface area (Å²) in [4.78, 5) is 28.5. The highest BCUT2D eigenvalue weighted by Gasteiger charge is 2.26. The molecule has 30 heavy (non-hydrogen) atoms. The number of aryl methyl sites for hydroxylation is 1. The van der Waals surface area contributed by atoms with Crippen LogP contribution in [-0.4, -0.2) is 60.2 Å². The zero-order chi connectivity index (χ0) is 21.5. The van der Waals surface area contributed by atoms with Crippen LogP contribution in [0.2, 0.25) is 0 Å². The number of amides is 2. The van der Waals surface area contributed by atoms with Gasteiger partial charge in [0.1, 0.15) is 5.75 Å². The second-order valence-corrected chi connectivity index (χ2v) is 8.02. The van der Waals surface area contributed by atoms with Crippen LogP contribution in [0.1, 0.15) is 21.5 Å². The van der Waals surface area contributed by atoms with Gasteiger partial charge in [-0.25, -0.2) is 0 Å². The number of ether oxygens (including phenoxy) is 1. The molecule has 1 aliphatic heterocycles. The number of nitrogens with zero attached hydrogens (tertiary/aromatic N) is 2. The Morgan fingerprint density at radius 3 is 2.43 bits per heavy atom. The molecule has 160 valence electrons. The van der Waals surface area contributed by atoms with Gasteiger partial charge in [-0.3, -0.25) is 9.59 Å². The number of hydrogen-bond donors (Lipinski definition) is 0. The van der Waals surface area contributed by atoms with Gasteiger partial charge < -0.3 is 14.5 Å². The van der Waals surface area contributed by atoms with Crippen LogP contribution in [0.15, 0.2) is 48.5 Å². The summed E-state index contributed by atoms with van der Waals surface area (Å²) >= 11 is 1.57. The van der Waals surface area contributed by atoms with Gasteiger partial charge in [0.25, 0.3) is 5.91 Å². The number of benzene rings is 2. The summed E-state index contributed by atoms with van der Waals surface area (Å²) in [6, 6.07) is 14.2. The molecule has 2 aromatic rings. The number of rotatable bonds is 7. The minimum Gasteiger partial charge on any atom is -0.434 e. The number of alkyl halides is 2. The van der Waals surface area contributed by atoms with Crippen LogP contribution in [-0.2, 0) is 10.5 Å². The Hall–Kier alpha value is -2.61. The molecule has 1 saturated heterocycles. The molecule has 2 aromatic carbocycles. The van der Waals surface area contributed by atoms with Crippen LogP contribution in [0.3, 0.4) is 0 Å². The van der Waals surface area contributed by atoms with Gasteiger partial charge in [-0.2, -0.15) is 8.78 Å². The predicted octanol–water partition coefficient (Wildman–Crippen LogP) is 3.81. The first-order chi connectivity index (χ1) is 14.4. The molecule has 0 radical (unpaired) electrons. The van der Waals surface area contributed by atoms with Gasteiger partial charge in [-0.05, 0) is 24.6 Å². The maximum absolute atomic E-state index is 12.7. The molecule has 1 aliphatic rings. The average molecular weight is 435 g/mol. The quantitative estimate of drug-likeness (QED) is 0.665. The summed E-state index contributed by atoms with van der Waals surface area (Å²) in [7, 11) is 0. The molecule has 0 bridgehead atoms. The lowest BCUT2D eigenvalue weighted by Gasteiger charge is -2.35. The maximum Gasteiger partial charge on any atom is 0.387 e. The number of thioether (sulfide) groups is 1. The smallest absolute Gasteiger partial charge is 0.387 e. The van der Waals surface area contributed by atoms with Crippen molar-refractivity contribution in [3.8, 4) is 5.75 Å². The molecule has 0 spiro atoms. The molecule has 3 rings (SSSR count). The van der Waals surface area contributed by atoms with Crippen LogP contribution in [0.4, 0.5) is 8.78 Å². The number of hydrogen-bond acceptors (Lipinski definition) is 4. The summed E-state index contributed by atoms with van der Waals surface area (Å²) < 4.78 is 29.6. The third kappa shape index (κ3) is 5.95. The van der Waals surface area contributed by atoms with Crippen LogP contribution in [0.5, 0.6) is 5.75 Å². The molecule has 0 aliphatic carbocycles. The van der Waals surface area contributed by atoms with E-state index in [9.17, 15) is 18.4 Å². The molecular formula is C22H24F2N2O3S. The molecule has 0 aromatic heterocycles. The highest BCUT2D eigenvalue weighted by atomic mass is 32.2. The van der Waals surface area contributed by atoms with Gasteiger partial charge in [-0.1, -0.05) is 42.0 Å². The van der Waals surface area contributed by atoms with E-state index in [2.05, 4.69) is 10.8 Å². The molecular weight excluding hydrogens is 410 g/mol. The Bertz CT molecular complexity index is 886. The molecule has 1 fully saturated rings. The molecule has 2 amide bonds. The predicted molar refractivity (Wildman–Crippen MR) is 113 cm³/mol. The maximum atomic E-state index is 12.7. The average Bonchev–Trinajstić information content (AvgIpc) is 2.73. The van der Waals surface area contributed by atoms with Crippen molar-refractivity contribution in [2.75, 3.05) is 31.9 Å². The Kier molecular flexibility index (Phi) is 7.68. The van der Waals surface area contributed by atoms with Crippen molar-refractivity contribution in [3.63, 3.8) is 0 Å². The molecule has 8 heteroatoms. The number of carbonyl (C=O) groups is 2. The summed E-state index contributed by atoms with van der Waals surface area (Å²) in [6.45, 7) is 0.608. The summed E-state index contributed by atoms with van der Waals surface area (Å²) in [5.41, 5.74) is 2.49. The normalized spacial score (nSPS) is 14.1. The van der Waals surface area contributed by atoms with Crippen molar-refractivity contribution in [1.82, 2.24) is 9.80 Å². The first kappa shape index (κ1) is 22.1. The zero-order valence-electron chi connectivity index (χ0n) is 16.7. The van der Waals surface area contributed by atoms with E-state index in [1.807, 2.05) is 25.1 Å². The summed E-state index contributed by atoms with van der Waals surface area (Å²) in [5, 5.41) is 0. The third-order valence-corrected chi connectivity index (χ3v) is 5.82. The molecule has 1 heterocycles. The Morgan fingerprint density at radius 1 is 1.03 bits per heavy atom. The number of piperazine rings is 1. The number of halogens is 2. The summed E-state index contributed by atoms with van der Waals surface area (Å²) in [6.07, 6.45) is 0. The van der Waals surface area contributed by atoms with Crippen molar-refractivity contribution >= 4 is 23.6 Å². The van der Waals surface area contributed by atoms with Crippen LogP contribution < -0.4 is 4.74 Å². The zero-order valence-corrected chi connectivity index (χ0v) is 17.5. The topological polar surface area (TPSA) is 49.9 Å². The van der Waals surface area contributed by atoms with Gasteiger partial charge in [-0.15, -0.1) is 11.8 Å². The van der Waals surface area contributed by atoms with E-state index < -0.39 is 6.61 Å². The fourth-order valence-electron chi connectivity index (χ4n) is 3.32. The van der Waals surface area contributed by atoms with E-state index in [-0.39, 0.29) is 23.1 Å². The molecule has 0 saturated carbocycles. The highest BCUT2D eigenvalue weighted by Crippen LogP contribution is 2.23. The van der Waals surface area contributed by atoms with E-state index in [0.717, 1.165) is 5.75 Å².